The molecular weight excluding hydrogens is 635 g/mol. The summed E-state index contributed by atoms with van der Waals surface area (Å²) in [5, 5.41) is 12.0. The van der Waals surface area contributed by atoms with E-state index in [4.69, 9.17) is 15.0 Å². The molecule has 0 saturated heterocycles. The third-order valence-corrected chi connectivity index (χ3v) is 9.83. The number of nitriles is 1. The van der Waals surface area contributed by atoms with Crippen molar-refractivity contribution < 1.29 is 0 Å². The molecule has 0 fully saturated rings. The number of nitrogens with zero attached hydrogens (tertiary/aromatic N) is 5. The predicted molar refractivity (Wildman–Crippen MR) is 208 cm³/mol. The molecule has 9 aromatic rings. The van der Waals surface area contributed by atoms with Crippen LogP contribution in [0.1, 0.15) is 27.8 Å². The number of benzene rings is 7. The summed E-state index contributed by atoms with van der Waals surface area (Å²) in [5.41, 5.74) is 8.05. The zero-order chi connectivity index (χ0) is 34.9. The van der Waals surface area contributed by atoms with Crippen LogP contribution in [0.3, 0.4) is 0 Å². The van der Waals surface area contributed by atoms with Gasteiger partial charge in [0.1, 0.15) is 0 Å². The third-order valence-electron chi connectivity index (χ3n) is 9.83. The Morgan fingerprint density at radius 3 is 1.38 bits per heavy atom. The fraction of sp³-hybridized carbons (Fsp3) is 0.0213. The lowest BCUT2D eigenvalue weighted by Gasteiger charge is -2.37. The Morgan fingerprint density at radius 1 is 0.423 bits per heavy atom. The summed E-state index contributed by atoms with van der Waals surface area (Å²) in [7, 11) is 0. The largest absolute Gasteiger partial charge is 0.278 e. The lowest BCUT2D eigenvalue weighted by molar-refractivity contribution is 0.745. The molecule has 9 rings (SSSR count). The van der Waals surface area contributed by atoms with E-state index in [-0.39, 0.29) is 0 Å². The van der Waals surface area contributed by atoms with Gasteiger partial charge >= 0.3 is 0 Å². The molecule has 0 aliphatic heterocycles. The van der Waals surface area contributed by atoms with Crippen LogP contribution in [0.5, 0.6) is 0 Å². The molecule has 0 unspecified atom stereocenters. The summed E-state index contributed by atoms with van der Waals surface area (Å²) in [6, 6.07) is 66.9. The van der Waals surface area contributed by atoms with E-state index in [0.29, 0.717) is 23.2 Å². The smallest absolute Gasteiger partial charge is 0.238 e. The van der Waals surface area contributed by atoms with Crippen molar-refractivity contribution in [1.82, 2.24) is 19.5 Å². The Kier molecular flexibility index (Phi) is 7.68. The van der Waals surface area contributed by atoms with Gasteiger partial charge in [0.2, 0.25) is 5.95 Å². The van der Waals surface area contributed by atoms with Crippen molar-refractivity contribution in [2.24, 2.45) is 0 Å². The average molecular weight is 666 g/mol. The average Bonchev–Trinajstić information content (AvgIpc) is 3.57. The summed E-state index contributed by atoms with van der Waals surface area (Å²) < 4.78 is 2.11. The fourth-order valence-electron chi connectivity index (χ4n) is 7.54. The molecular formula is C47H31N5. The summed E-state index contributed by atoms with van der Waals surface area (Å²) in [6.07, 6.45) is 0. The van der Waals surface area contributed by atoms with Gasteiger partial charge in [0.15, 0.2) is 11.6 Å². The van der Waals surface area contributed by atoms with Gasteiger partial charge in [-0.25, -0.2) is 4.98 Å². The topological polar surface area (TPSA) is 67.4 Å². The first kappa shape index (κ1) is 30.9. The molecule has 0 aliphatic rings. The molecule has 2 aromatic heterocycles. The minimum absolute atomic E-state index is 0.491. The second kappa shape index (κ2) is 12.9. The van der Waals surface area contributed by atoms with Crippen LogP contribution in [0.2, 0.25) is 0 Å². The van der Waals surface area contributed by atoms with Gasteiger partial charge in [-0.05, 0) is 52.6 Å². The second-order valence-corrected chi connectivity index (χ2v) is 12.8. The Labute approximate surface area is 301 Å². The third kappa shape index (κ3) is 5.14. The van der Waals surface area contributed by atoms with E-state index >= 15 is 0 Å². The highest BCUT2D eigenvalue weighted by Gasteiger charge is 2.38. The van der Waals surface area contributed by atoms with Gasteiger partial charge < -0.3 is 0 Å². The molecule has 0 aliphatic carbocycles. The zero-order valence-electron chi connectivity index (χ0n) is 28.1. The fourth-order valence-corrected chi connectivity index (χ4v) is 7.54. The highest BCUT2D eigenvalue weighted by molar-refractivity contribution is 6.09. The van der Waals surface area contributed by atoms with Crippen LogP contribution in [-0.2, 0) is 5.41 Å². The van der Waals surface area contributed by atoms with Crippen LogP contribution in [0.25, 0.3) is 50.5 Å². The highest BCUT2D eigenvalue weighted by atomic mass is 15.2. The molecule has 0 amide bonds. The van der Waals surface area contributed by atoms with Crippen molar-refractivity contribution in [2.75, 3.05) is 0 Å². The number of hydrogen-bond donors (Lipinski definition) is 0. The first-order valence-corrected chi connectivity index (χ1v) is 17.3. The van der Waals surface area contributed by atoms with E-state index in [1.165, 1.54) is 0 Å². The molecule has 0 radical (unpaired) electrons. The summed E-state index contributed by atoms with van der Waals surface area (Å²) in [6.45, 7) is 0. The van der Waals surface area contributed by atoms with Gasteiger partial charge in [-0.1, -0.05) is 158 Å². The van der Waals surface area contributed by atoms with E-state index in [1.54, 1.807) is 6.07 Å². The summed E-state index contributed by atoms with van der Waals surface area (Å²) >= 11 is 0. The van der Waals surface area contributed by atoms with Crippen LogP contribution in [-0.4, -0.2) is 19.5 Å². The van der Waals surface area contributed by atoms with Crippen LogP contribution < -0.4 is 0 Å². The highest BCUT2D eigenvalue weighted by Crippen LogP contribution is 2.46. The monoisotopic (exact) mass is 665 g/mol. The maximum Gasteiger partial charge on any atom is 0.238 e. The first-order valence-electron chi connectivity index (χ1n) is 17.3. The molecule has 5 heteroatoms. The zero-order valence-corrected chi connectivity index (χ0v) is 28.1. The van der Waals surface area contributed by atoms with Crippen molar-refractivity contribution in [3.63, 3.8) is 0 Å². The number of para-hydroxylation sites is 2. The van der Waals surface area contributed by atoms with Crippen LogP contribution >= 0.6 is 0 Å². The van der Waals surface area contributed by atoms with Gasteiger partial charge in [-0.15, -0.1) is 0 Å². The van der Waals surface area contributed by atoms with Gasteiger partial charge in [-0.3, -0.25) is 4.57 Å². The minimum Gasteiger partial charge on any atom is -0.278 e. The van der Waals surface area contributed by atoms with Gasteiger partial charge in [-0.2, -0.15) is 15.2 Å². The van der Waals surface area contributed by atoms with Gasteiger partial charge in [0.25, 0.3) is 0 Å². The Morgan fingerprint density at radius 2 is 0.865 bits per heavy atom. The maximum atomic E-state index is 9.76. The van der Waals surface area contributed by atoms with Crippen LogP contribution in [0, 0.1) is 11.3 Å². The van der Waals surface area contributed by atoms with Crippen molar-refractivity contribution >= 4 is 21.8 Å². The quantitative estimate of drug-likeness (QED) is 0.159. The number of rotatable bonds is 7. The molecule has 0 saturated carbocycles. The lowest BCUT2D eigenvalue weighted by atomic mass is 9.65. The molecule has 0 atom stereocenters. The molecule has 0 bridgehead atoms. The second-order valence-electron chi connectivity index (χ2n) is 12.8. The molecule has 0 N–H and O–H groups in total. The molecule has 52 heavy (non-hydrogen) atoms. The Bertz CT molecular complexity index is 2600. The minimum atomic E-state index is -0.633. The Hall–Kier alpha value is -7.16. The number of aromatic nitrogens is 4. The van der Waals surface area contributed by atoms with Crippen LogP contribution in [0.15, 0.2) is 188 Å². The van der Waals surface area contributed by atoms with E-state index in [9.17, 15) is 5.26 Å². The van der Waals surface area contributed by atoms with Crippen LogP contribution in [0.4, 0.5) is 0 Å². The number of hydrogen-bond acceptors (Lipinski definition) is 4. The first-order chi connectivity index (χ1) is 25.7. The van der Waals surface area contributed by atoms with Crippen molar-refractivity contribution in [3.05, 3.63) is 216 Å². The number of fused-ring (bicyclic) bond motifs is 3. The Balaban J connectivity index is 1.33. The van der Waals surface area contributed by atoms with Gasteiger partial charge in [0, 0.05) is 21.9 Å². The predicted octanol–water partition coefficient (Wildman–Crippen LogP) is 10.6. The summed E-state index contributed by atoms with van der Waals surface area (Å²) in [4.78, 5) is 15.4. The van der Waals surface area contributed by atoms with E-state index in [2.05, 4.69) is 162 Å². The molecule has 5 nitrogen and oxygen atoms in total. The normalized spacial score (nSPS) is 11.4. The van der Waals surface area contributed by atoms with Gasteiger partial charge in [0.05, 0.1) is 28.1 Å². The lowest BCUT2D eigenvalue weighted by Crippen LogP contribution is -2.31. The maximum absolute atomic E-state index is 9.76. The van der Waals surface area contributed by atoms with E-state index in [1.807, 2.05) is 30.3 Å². The molecule has 0 spiro atoms. The SMILES string of the molecule is N#Cc1cccc(-c2nc(-c3cccc(C(c4ccccc4)(c4ccccc4)c4ccccc4)c3)nc(-n3c4ccccc4c4ccccc43)n2)c1. The van der Waals surface area contributed by atoms with E-state index in [0.717, 1.165) is 55.2 Å². The van der Waals surface area contributed by atoms with E-state index < -0.39 is 5.41 Å². The standard InChI is InChI=1S/C47H31N5/c48-32-33-16-14-17-34(30-33)44-49-45(51-46(50-44)52-42-28-12-10-26-40(42)41-27-11-13-29-43(41)52)35-18-15-25-39(31-35)47(36-19-4-1-5-20-36,37-21-6-2-7-22-37)38-23-8-3-9-24-38/h1-31H. The van der Waals surface area contributed by atoms with Crippen molar-refractivity contribution in [1.29, 1.82) is 5.26 Å². The van der Waals surface area contributed by atoms with Crippen molar-refractivity contribution in [3.8, 4) is 34.8 Å². The summed E-state index contributed by atoms with van der Waals surface area (Å²) in [5.74, 6) is 1.53. The molecule has 2 heterocycles. The molecule has 7 aromatic carbocycles. The van der Waals surface area contributed by atoms with Crippen molar-refractivity contribution in [2.45, 2.75) is 5.41 Å². The molecule has 244 valence electrons.